The lowest BCUT2D eigenvalue weighted by molar-refractivity contribution is 0.102. The molecule has 0 saturated heterocycles. The van der Waals surface area contributed by atoms with Crippen molar-refractivity contribution in [1.82, 2.24) is 0 Å². The van der Waals surface area contributed by atoms with Crippen molar-refractivity contribution >= 4 is 27.3 Å². The number of para-hydroxylation sites is 1. The molecule has 0 aromatic heterocycles. The molecule has 0 aliphatic heterocycles. The number of nitrogens with one attached hydrogen (secondary N) is 1. The monoisotopic (exact) mass is 436 g/mol. The van der Waals surface area contributed by atoms with E-state index in [9.17, 15) is 13.2 Å². The van der Waals surface area contributed by atoms with E-state index in [2.05, 4.69) is 11.9 Å². The van der Waals surface area contributed by atoms with Crippen molar-refractivity contribution in [3.05, 3.63) is 96.6 Å². The predicted molar refractivity (Wildman–Crippen MR) is 123 cm³/mol. The summed E-state index contributed by atoms with van der Waals surface area (Å²) in [5.74, 6) is 0.160. The van der Waals surface area contributed by atoms with Gasteiger partial charge in [0, 0.05) is 18.8 Å². The first-order valence-corrected chi connectivity index (χ1v) is 11.1. The van der Waals surface area contributed by atoms with Crippen LogP contribution in [0.4, 0.5) is 11.4 Å². The predicted octanol–water partition coefficient (Wildman–Crippen LogP) is 4.64. The van der Waals surface area contributed by atoms with E-state index in [0.29, 0.717) is 18.0 Å². The van der Waals surface area contributed by atoms with Crippen molar-refractivity contribution in [3.63, 3.8) is 0 Å². The Morgan fingerprint density at radius 3 is 2.48 bits per heavy atom. The summed E-state index contributed by atoms with van der Waals surface area (Å²) in [5, 5.41) is 2.80. The van der Waals surface area contributed by atoms with Gasteiger partial charge in [-0.15, -0.1) is 0 Å². The molecule has 31 heavy (non-hydrogen) atoms. The van der Waals surface area contributed by atoms with Gasteiger partial charge >= 0.3 is 0 Å². The number of benzene rings is 3. The Kier molecular flexibility index (Phi) is 6.77. The molecular weight excluding hydrogens is 412 g/mol. The summed E-state index contributed by atoms with van der Waals surface area (Å²) in [5.41, 5.74) is 2.00. The van der Waals surface area contributed by atoms with Crippen LogP contribution in [0.1, 0.15) is 15.9 Å². The fraction of sp³-hybridized carbons (Fsp3) is 0.125. The number of aryl methyl sites for hydroxylation is 1. The lowest BCUT2D eigenvalue weighted by atomic mass is 10.1. The summed E-state index contributed by atoms with van der Waals surface area (Å²) in [6.45, 7) is 5.85. The fourth-order valence-electron chi connectivity index (χ4n) is 2.96. The van der Waals surface area contributed by atoms with E-state index in [4.69, 9.17) is 4.74 Å². The van der Waals surface area contributed by atoms with Crippen molar-refractivity contribution in [2.75, 3.05) is 23.3 Å². The Balaban J connectivity index is 1.88. The first kappa shape index (κ1) is 22.1. The maximum atomic E-state index is 13.1. The van der Waals surface area contributed by atoms with Crippen LogP contribution in [0.2, 0.25) is 0 Å². The second-order valence-corrected chi connectivity index (χ2v) is 8.85. The Bertz CT molecular complexity index is 1190. The average Bonchev–Trinajstić information content (AvgIpc) is 2.77. The second-order valence-electron chi connectivity index (χ2n) is 6.88. The van der Waals surface area contributed by atoms with Gasteiger partial charge in [-0.2, -0.15) is 0 Å². The zero-order chi connectivity index (χ0) is 22.4. The molecule has 0 aliphatic carbocycles. The van der Waals surface area contributed by atoms with Gasteiger partial charge in [-0.1, -0.05) is 48.6 Å². The standard InChI is InChI=1S/C24H24N2O4S/c1-4-16-30-20-9-7-8-19(17-20)25-24(27)22-10-5-6-11-23(22)26(3)31(28,29)21-14-12-18(2)13-15-21/h4-15,17H,1,16H2,2-3H3,(H,25,27). The molecule has 1 amide bonds. The maximum absolute atomic E-state index is 13.1. The summed E-state index contributed by atoms with van der Waals surface area (Å²) in [6.07, 6.45) is 1.63. The molecule has 0 aliphatic rings. The smallest absolute Gasteiger partial charge is 0.264 e. The minimum Gasteiger partial charge on any atom is -0.489 e. The van der Waals surface area contributed by atoms with Crippen LogP contribution in [0.3, 0.4) is 0 Å². The number of amides is 1. The SMILES string of the molecule is C=CCOc1cccc(NC(=O)c2ccccc2N(C)S(=O)(=O)c2ccc(C)cc2)c1. The quantitative estimate of drug-likeness (QED) is 0.522. The molecule has 3 rings (SSSR count). The molecule has 0 saturated carbocycles. The largest absolute Gasteiger partial charge is 0.489 e. The highest BCUT2D eigenvalue weighted by Crippen LogP contribution is 2.27. The van der Waals surface area contributed by atoms with Gasteiger partial charge in [-0.25, -0.2) is 8.42 Å². The Morgan fingerprint density at radius 1 is 1.06 bits per heavy atom. The van der Waals surface area contributed by atoms with Gasteiger partial charge in [-0.3, -0.25) is 9.10 Å². The van der Waals surface area contributed by atoms with Gasteiger partial charge in [0.15, 0.2) is 0 Å². The van der Waals surface area contributed by atoms with Gasteiger partial charge in [0.05, 0.1) is 16.1 Å². The number of anilines is 2. The molecule has 7 heteroatoms. The Morgan fingerprint density at radius 2 is 1.77 bits per heavy atom. The molecule has 0 heterocycles. The number of carbonyl (C=O) groups is 1. The summed E-state index contributed by atoms with van der Waals surface area (Å²) in [4.78, 5) is 13.1. The number of nitrogens with zero attached hydrogens (tertiary/aromatic N) is 1. The molecule has 3 aromatic rings. The molecule has 160 valence electrons. The van der Waals surface area contributed by atoms with Crippen LogP contribution in [-0.2, 0) is 10.0 Å². The third-order valence-electron chi connectivity index (χ3n) is 4.63. The summed E-state index contributed by atoms with van der Waals surface area (Å²) >= 11 is 0. The minimum atomic E-state index is -3.83. The van der Waals surface area contributed by atoms with Gasteiger partial charge in [0.1, 0.15) is 12.4 Å². The normalized spacial score (nSPS) is 10.9. The topological polar surface area (TPSA) is 75.7 Å². The van der Waals surface area contributed by atoms with Crippen LogP contribution in [0.25, 0.3) is 0 Å². The summed E-state index contributed by atoms with van der Waals surface area (Å²) in [7, 11) is -2.40. The minimum absolute atomic E-state index is 0.155. The van der Waals surface area contributed by atoms with E-state index in [1.165, 1.54) is 7.05 Å². The van der Waals surface area contributed by atoms with E-state index in [0.717, 1.165) is 9.87 Å². The van der Waals surface area contributed by atoms with Crippen LogP contribution in [0.15, 0.2) is 90.3 Å². The third kappa shape index (κ3) is 5.13. The molecule has 0 spiro atoms. The maximum Gasteiger partial charge on any atom is 0.264 e. The first-order valence-electron chi connectivity index (χ1n) is 9.62. The number of hydrogen-bond acceptors (Lipinski definition) is 4. The van der Waals surface area contributed by atoms with Crippen molar-refractivity contribution in [2.45, 2.75) is 11.8 Å². The van der Waals surface area contributed by atoms with E-state index >= 15 is 0 Å². The molecule has 0 atom stereocenters. The molecule has 1 N–H and O–H groups in total. The molecule has 3 aromatic carbocycles. The molecule has 0 unspecified atom stereocenters. The van der Waals surface area contributed by atoms with Crippen molar-refractivity contribution in [3.8, 4) is 5.75 Å². The zero-order valence-electron chi connectivity index (χ0n) is 17.4. The molecule has 6 nitrogen and oxygen atoms in total. The molecular formula is C24H24N2O4S. The average molecular weight is 437 g/mol. The van der Waals surface area contributed by atoms with Crippen molar-refractivity contribution in [1.29, 1.82) is 0 Å². The van der Waals surface area contributed by atoms with Crippen molar-refractivity contribution in [2.24, 2.45) is 0 Å². The lowest BCUT2D eigenvalue weighted by Crippen LogP contribution is -2.29. The molecule has 0 radical (unpaired) electrons. The van der Waals surface area contributed by atoms with Crippen LogP contribution < -0.4 is 14.4 Å². The van der Waals surface area contributed by atoms with Gasteiger partial charge in [0.25, 0.3) is 15.9 Å². The highest BCUT2D eigenvalue weighted by molar-refractivity contribution is 7.92. The Labute approximate surface area is 182 Å². The fourth-order valence-corrected chi connectivity index (χ4v) is 4.17. The second kappa shape index (κ2) is 9.49. The van der Waals surface area contributed by atoms with Crippen LogP contribution in [-0.4, -0.2) is 28.0 Å². The lowest BCUT2D eigenvalue weighted by Gasteiger charge is -2.22. The van der Waals surface area contributed by atoms with Crippen LogP contribution >= 0.6 is 0 Å². The molecule has 0 fully saturated rings. The van der Waals surface area contributed by atoms with Crippen molar-refractivity contribution < 1.29 is 17.9 Å². The van der Waals surface area contributed by atoms with Crippen LogP contribution in [0, 0.1) is 6.92 Å². The summed E-state index contributed by atoms with van der Waals surface area (Å²) < 4.78 is 32.8. The van der Waals surface area contributed by atoms with Gasteiger partial charge in [0.2, 0.25) is 0 Å². The number of rotatable bonds is 8. The van der Waals surface area contributed by atoms with E-state index in [1.54, 1.807) is 78.9 Å². The highest BCUT2D eigenvalue weighted by atomic mass is 32.2. The Hall–Kier alpha value is -3.58. The van der Waals surface area contributed by atoms with Crippen LogP contribution in [0.5, 0.6) is 5.75 Å². The number of hydrogen-bond donors (Lipinski definition) is 1. The third-order valence-corrected chi connectivity index (χ3v) is 6.41. The summed E-state index contributed by atoms with van der Waals surface area (Å²) in [6, 6.07) is 20.1. The number of carbonyl (C=O) groups excluding carboxylic acids is 1. The number of ether oxygens (including phenoxy) is 1. The first-order chi connectivity index (χ1) is 14.8. The van der Waals surface area contributed by atoms with E-state index in [-0.39, 0.29) is 16.1 Å². The zero-order valence-corrected chi connectivity index (χ0v) is 18.2. The van der Waals surface area contributed by atoms with E-state index < -0.39 is 15.9 Å². The van der Waals surface area contributed by atoms with E-state index in [1.807, 2.05) is 6.92 Å². The number of sulfonamides is 1. The highest BCUT2D eigenvalue weighted by Gasteiger charge is 2.25. The van der Waals surface area contributed by atoms with Gasteiger partial charge < -0.3 is 10.1 Å². The van der Waals surface area contributed by atoms with Gasteiger partial charge in [-0.05, 0) is 43.3 Å². The molecule has 0 bridgehead atoms.